The van der Waals surface area contributed by atoms with Gasteiger partial charge in [0.25, 0.3) is 0 Å². The van der Waals surface area contributed by atoms with Crippen LogP contribution in [0.15, 0.2) is 60.8 Å². The highest BCUT2D eigenvalue weighted by Crippen LogP contribution is 2.29. The number of hydrogen-bond donors (Lipinski definition) is 1. The van der Waals surface area contributed by atoms with Crippen LogP contribution in [0.25, 0.3) is 11.3 Å². The SMILES string of the molecule is CC(C)(C)n1cc(N)c(-c2cccc(OCc3ccccc3)c2)n1. The van der Waals surface area contributed by atoms with E-state index in [9.17, 15) is 0 Å². The smallest absolute Gasteiger partial charge is 0.120 e. The Bertz CT molecular complexity index is 816. The molecule has 0 aliphatic carbocycles. The van der Waals surface area contributed by atoms with E-state index in [1.165, 1.54) is 0 Å². The third-order valence-electron chi connectivity index (χ3n) is 3.79. The Hall–Kier alpha value is -2.75. The van der Waals surface area contributed by atoms with E-state index in [0.717, 1.165) is 22.6 Å². The van der Waals surface area contributed by atoms with Crippen molar-refractivity contribution in [3.05, 3.63) is 66.4 Å². The number of hydrogen-bond acceptors (Lipinski definition) is 3. The van der Waals surface area contributed by atoms with Gasteiger partial charge in [-0.05, 0) is 38.5 Å². The van der Waals surface area contributed by atoms with Crippen LogP contribution >= 0.6 is 0 Å². The molecule has 0 spiro atoms. The van der Waals surface area contributed by atoms with Crippen LogP contribution in [0.1, 0.15) is 26.3 Å². The summed E-state index contributed by atoms with van der Waals surface area (Å²) in [4.78, 5) is 0. The number of nitrogens with zero attached hydrogens (tertiary/aromatic N) is 2. The molecule has 1 aromatic heterocycles. The molecule has 0 saturated carbocycles. The third kappa shape index (κ3) is 3.59. The maximum absolute atomic E-state index is 6.16. The molecule has 3 rings (SSSR count). The van der Waals surface area contributed by atoms with Crippen molar-refractivity contribution in [3.63, 3.8) is 0 Å². The van der Waals surface area contributed by atoms with Gasteiger partial charge in [-0.3, -0.25) is 4.68 Å². The molecule has 124 valence electrons. The fraction of sp³-hybridized carbons (Fsp3) is 0.250. The Morgan fingerprint density at radius 3 is 2.46 bits per heavy atom. The first-order chi connectivity index (χ1) is 11.4. The van der Waals surface area contributed by atoms with Crippen LogP contribution in [0.4, 0.5) is 5.69 Å². The quantitative estimate of drug-likeness (QED) is 0.771. The molecule has 4 nitrogen and oxygen atoms in total. The molecule has 2 aromatic carbocycles. The van der Waals surface area contributed by atoms with E-state index < -0.39 is 0 Å². The van der Waals surface area contributed by atoms with Crippen molar-refractivity contribution in [1.82, 2.24) is 9.78 Å². The first kappa shape index (κ1) is 16.1. The molecule has 1 heterocycles. The largest absolute Gasteiger partial charge is 0.489 e. The van der Waals surface area contributed by atoms with Crippen molar-refractivity contribution >= 4 is 5.69 Å². The fourth-order valence-electron chi connectivity index (χ4n) is 2.43. The van der Waals surface area contributed by atoms with Gasteiger partial charge in [-0.2, -0.15) is 5.10 Å². The van der Waals surface area contributed by atoms with Gasteiger partial charge in [-0.1, -0.05) is 42.5 Å². The monoisotopic (exact) mass is 321 g/mol. The van der Waals surface area contributed by atoms with Crippen molar-refractivity contribution in [2.75, 3.05) is 5.73 Å². The third-order valence-corrected chi connectivity index (χ3v) is 3.79. The highest BCUT2D eigenvalue weighted by Gasteiger charge is 2.17. The van der Waals surface area contributed by atoms with Crippen molar-refractivity contribution in [2.24, 2.45) is 0 Å². The van der Waals surface area contributed by atoms with Crippen LogP contribution in [-0.2, 0) is 12.1 Å². The van der Waals surface area contributed by atoms with Gasteiger partial charge in [0.15, 0.2) is 0 Å². The second kappa shape index (κ2) is 6.40. The highest BCUT2D eigenvalue weighted by atomic mass is 16.5. The summed E-state index contributed by atoms with van der Waals surface area (Å²) in [6.45, 7) is 6.84. The maximum Gasteiger partial charge on any atom is 0.120 e. The fourth-order valence-corrected chi connectivity index (χ4v) is 2.43. The molecule has 24 heavy (non-hydrogen) atoms. The van der Waals surface area contributed by atoms with E-state index in [1.54, 1.807) is 0 Å². The first-order valence-electron chi connectivity index (χ1n) is 8.06. The van der Waals surface area contributed by atoms with Gasteiger partial charge in [-0.15, -0.1) is 0 Å². The zero-order valence-corrected chi connectivity index (χ0v) is 14.4. The second-order valence-electron chi connectivity index (χ2n) is 6.85. The zero-order chi connectivity index (χ0) is 17.2. The highest BCUT2D eigenvalue weighted by molar-refractivity contribution is 5.72. The number of aromatic nitrogens is 2. The Kier molecular flexibility index (Phi) is 4.30. The molecule has 0 radical (unpaired) electrons. The summed E-state index contributed by atoms with van der Waals surface area (Å²) >= 11 is 0. The standard InChI is InChI=1S/C20H23N3O/c1-20(2,3)23-13-18(21)19(22-23)16-10-7-11-17(12-16)24-14-15-8-5-4-6-9-15/h4-13H,14,21H2,1-3H3. The van der Waals surface area contributed by atoms with E-state index in [2.05, 4.69) is 25.9 Å². The van der Waals surface area contributed by atoms with Crippen molar-refractivity contribution in [3.8, 4) is 17.0 Å². The van der Waals surface area contributed by atoms with Crippen LogP contribution in [0.5, 0.6) is 5.75 Å². The minimum absolute atomic E-state index is 0.103. The van der Waals surface area contributed by atoms with E-state index >= 15 is 0 Å². The molecule has 0 saturated heterocycles. The van der Waals surface area contributed by atoms with Crippen LogP contribution in [0.3, 0.4) is 0 Å². The summed E-state index contributed by atoms with van der Waals surface area (Å²) < 4.78 is 7.79. The number of ether oxygens (including phenoxy) is 1. The summed E-state index contributed by atoms with van der Waals surface area (Å²) in [5.74, 6) is 0.807. The van der Waals surface area contributed by atoms with Crippen LogP contribution in [-0.4, -0.2) is 9.78 Å². The number of anilines is 1. The van der Waals surface area contributed by atoms with Gasteiger partial charge in [0, 0.05) is 11.8 Å². The molecule has 0 amide bonds. The van der Waals surface area contributed by atoms with Crippen molar-refractivity contribution in [2.45, 2.75) is 32.9 Å². The van der Waals surface area contributed by atoms with Gasteiger partial charge >= 0.3 is 0 Å². The predicted molar refractivity (Wildman–Crippen MR) is 97.8 cm³/mol. The lowest BCUT2D eigenvalue weighted by atomic mass is 10.1. The Balaban J connectivity index is 1.82. The average Bonchev–Trinajstić information content (AvgIpc) is 2.96. The molecule has 0 atom stereocenters. The summed E-state index contributed by atoms with van der Waals surface area (Å²) in [5.41, 5.74) is 9.61. The number of benzene rings is 2. The molecule has 0 unspecified atom stereocenters. The van der Waals surface area contributed by atoms with Gasteiger partial charge < -0.3 is 10.5 Å². The van der Waals surface area contributed by atoms with Crippen LogP contribution in [0, 0.1) is 0 Å². The minimum atomic E-state index is -0.103. The minimum Gasteiger partial charge on any atom is -0.489 e. The average molecular weight is 321 g/mol. The van der Waals surface area contributed by atoms with E-state index in [4.69, 9.17) is 10.5 Å². The molecular weight excluding hydrogens is 298 g/mol. The van der Waals surface area contributed by atoms with Crippen LogP contribution in [0.2, 0.25) is 0 Å². The van der Waals surface area contributed by atoms with E-state index in [1.807, 2.05) is 65.5 Å². The maximum atomic E-state index is 6.16. The Morgan fingerprint density at radius 2 is 1.79 bits per heavy atom. The number of nitrogens with two attached hydrogens (primary N) is 1. The zero-order valence-electron chi connectivity index (χ0n) is 14.4. The lowest BCUT2D eigenvalue weighted by molar-refractivity contribution is 0.306. The van der Waals surface area contributed by atoms with Gasteiger partial charge in [0.05, 0.1) is 11.2 Å². The second-order valence-corrected chi connectivity index (χ2v) is 6.85. The molecular formula is C20H23N3O. The van der Waals surface area contributed by atoms with Crippen molar-refractivity contribution < 1.29 is 4.74 Å². The number of nitrogen functional groups attached to an aromatic ring is 1. The van der Waals surface area contributed by atoms with Crippen LogP contribution < -0.4 is 10.5 Å². The normalized spacial score (nSPS) is 11.5. The molecule has 0 fully saturated rings. The Morgan fingerprint density at radius 1 is 1.04 bits per heavy atom. The molecule has 4 heteroatoms. The molecule has 0 bridgehead atoms. The van der Waals surface area contributed by atoms with Gasteiger partial charge in [-0.25, -0.2) is 0 Å². The lowest BCUT2D eigenvalue weighted by Crippen LogP contribution is -2.22. The van der Waals surface area contributed by atoms with Gasteiger partial charge in [0.2, 0.25) is 0 Å². The summed E-state index contributed by atoms with van der Waals surface area (Å²) in [6.07, 6.45) is 1.88. The summed E-state index contributed by atoms with van der Waals surface area (Å²) in [7, 11) is 0. The lowest BCUT2D eigenvalue weighted by Gasteiger charge is -2.18. The Labute approximate surface area is 142 Å². The first-order valence-corrected chi connectivity index (χ1v) is 8.06. The molecule has 0 aliphatic heterocycles. The molecule has 0 aliphatic rings. The number of rotatable bonds is 4. The van der Waals surface area contributed by atoms with E-state index in [0.29, 0.717) is 12.3 Å². The molecule has 2 N–H and O–H groups in total. The molecule has 3 aromatic rings. The summed E-state index contributed by atoms with van der Waals surface area (Å²) in [5, 5.41) is 4.65. The van der Waals surface area contributed by atoms with E-state index in [-0.39, 0.29) is 5.54 Å². The topological polar surface area (TPSA) is 53.1 Å². The van der Waals surface area contributed by atoms with Gasteiger partial charge in [0.1, 0.15) is 18.1 Å². The summed E-state index contributed by atoms with van der Waals surface area (Å²) in [6, 6.07) is 18.0. The van der Waals surface area contributed by atoms with Crippen molar-refractivity contribution in [1.29, 1.82) is 0 Å². The predicted octanol–water partition coefficient (Wildman–Crippen LogP) is 4.47.